The molecule has 0 unspecified atom stereocenters. The number of halogens is 1. The first-order chi connectivity index (χ1) is 12.2. The number of methoxy groups -OCH3 is 1. The molecule has 0 fully saturated rings. The summed E-state index contributed by atoms with van der Waals surface area (Å²) in [5.41, 5.74) is 4.94. The summed E-state index contributed by atoms with van der Waals surface area (Å²) in [6.45, 7) is 2.84. The molecule has 0 N–H and O–H groups in total. The second-order valence-corrected chi connectivity index (χ2v) is 6.71. The van der Waals surface area contributed by atoms with Gasteiger partial charge in [-0.25, -0.2) is 4.39 Å². The molecule has 2 aromatic heterocycles. The maximum atomic E-state index is 13.4. The fraction of sp³-hybridized carbons (Fsp3) is 0.350. The van der Waals surface area contributed by atoms with Crippen LogP contribution in [-0.2, 0) is 25.9 Å². The van der Waals surface area contributed by atoms with Crippen molar-refractivity contribution >= 4 is 10.9 Å². The molecule has 3 aromatic rings. The van der Waals surface area contributed by atoms with Gasteiger partial charge in [-0.2, -0.15) is 0 Å². The van der Waals surface area contributed by atoms with Crippen LogP contribution in [0, 0.1) is 5.82 Å². The molecule has 130 valence electrons. The van der Waals surface area contributed by atoms with Crippen LogP contribution in [0.5, 0.6) is 5.75 Å². The monoisotopic (exact) mass is 339 g/mol. The molecule has 0 spiro atoms. The number of pyridine rings is 1. The van der Waals surface area contributed by atoms with E-state index in [2.05, 4.69) is 33.6 Å². The minimum absolute atomic E-state index is 0.275. The van der Waals surface area contributed by atoms with Crippen molar-refractivity contribution in [3.63, 3.8) is 0 Å². The van der Waals surface area contributed by atoms with Crippen molar-refractivity contribution in [1.82, 2.24) is 14.5 Å². The highest BCUT2D eigenvalue weighted by Crippen LogP contribution is 2.33. The van der Waals surface area contributed by atoms with Gasteiger partial charge in [0, 0.05) is 48.8 Å². The van der Waals surface area contributed by atoms with Gasteiger partial charge in [-0.05, 0) is 48.9 Å². The highest BCUT2D eigenvalue weighted by Gasteiger charge is 2.22. The highest BCUT2D eigenvalue weighted by molar-refractivity contribution is 5.87. The summed E-state index contributed by atoms with van der Waals surface area (Å²) in [4.78, 5) is 6.31. The standard InChI is InChI=1S/C20H22FN3O/c1-23-7-6-20-18(13-23)17-10-16(25-2)3-4-19(17)24(20)8-5-14-9-15(21)12-22-11-14/h3-4,9-12H,5-8,13H2,1-2H3. The topological polar surface area (TPSA) is 30.3 Å². The lowest BCUT2D eigenvalue weighted by Crippen LogP contribution is -2.27. The van der Waals surface area contributed by atoms with Crippen molar-refractivity contribution in [2.75, 3.05) is 20.7 Å². The summed E-state index contributed by atoms with van der Waals surface area (Å²) in [6.07, 6.45) is 4.80. The van der Waals surface area contributed by atoms with Crippen LogP contribution in [0.4, 0.5) is 4.39 Å². The van der Waals surface area contributed by atoms with Gasteiger partial charge < -0.3 is 14.2 Å². The summed E-state index contributed by atoms with van der Waals surface area (Å²) in [7, 11) is 3.86. The Morgan fingerprint density at radius 2 is 2.12 bits per heavy atom. The maximum absolute atomic E-state index is 13.4. The van der Waals surface area contributed by atoms with Crippen molar-refractivity contribution in [2.45, 2.75) is 25.9 Å². The van der Waals surface area contributed by atoms with Crippen LogP contribution in [0.15, 0.2) is 36.7 Å². The molecule has 4 rings (SSSR count). The lowest BCUT2D eigenvalue weighted by Gasteiger charge is -2.24. The van der Waals surface area contributed by atoms with E-state index in [1.54, 1.807) is 19.4 Å². The quantitative estimate of drug-likeness (QED) is 0.730. The molecule has 25 heavy (non-hydrogen) atoms. The van der Waals surface area contributed by atoms with Gasteiger partial charge in [0.25, 0.3) is 0 Å². The number of rotatable bonds is 4. The molecule has 0 saturated carbocycles. The van der Waals surface area contributed by atoms with Gasteiger partial charge >= 0.3 is 0 Å². The number of ether oxygens (including phenoxy) is 1. The van der Waals surface area contributed by atoms with Gasteiger partial charge in [0.15, 0.2) is 0 Å². The Hall–Kier alpha value is -2.40. The molecular formula is C20H22FN3O. The molecule has 5 heteroatoms. The normalized spacial score (nSPS) is 14.7. The summed E-state index contributed by atoms with van der Waals surface area (Å²) in [6, 6.07) is 7.85. The van der Waals surface area contributed by atoms with Gasteiger partial charge in [-0.1, -0.05) is 0 Å². The molecule has 1 aromatic carbocycles. The lowest BCUT2D eigenvalue weighted by molar-refractivity contribution is 0.309. The van der Waals surface area contributed by atoms with E-state index in [9.17, 15) is 4.39 Å². The summed E-state index contributed by atoms with van der Waals surface area (Å²) in [5.74, 6) is 0.610. The van der Waals surface area contributed by atoms with Crippen LogP contribution < -0.4 is 4.74 Å². The second-order valence-electron chi connectivity index (χ2n) is 6.71. The third kappa shape index (κ3) is 3.00. The number of likely N-dealkylation sites (N-methyl/N-ethyl adjacent to an activating group) is 1. The fourth-order valence-electron chi connectivity index (χ4n) is 3.78. The number of aryl methyl sites for hydroxylation is 2. The largest absolute Gasteiger partial charge is 0.497 e. The minimum atomic E-state index is -0.275. The Kier molecular flexibility index (Phi) is 4.17. The van der Waals surface area contributed by atoms with E-state index in [-0.39, 0.29) is 5.82 Å². The van der Waals surface area contributed by atoms with Crippen LogP contribution in [0.25, 0.3) is 10.9 Å². The number of hydrogen-bond donors (Lipinski definition) is 0. The predicted octanol–water partition coefficient (Wildman–Crippen LogP) is 3.41. The molecule has 0 amide bonds. The maximum Gasteiger partial charge on any atom is 0.141 e. The highest BCUT2D eigenvalue weighted by atomic mass is 19.1. The van der Waals surface area contributed by atoms with E-state index in [1.807, 2.05) is 6.07 Å². The first-order valence-corrected chi connectivity index (χ1v) is 8.61. The van der Waals surface area contributed by atoms with Gasteiger partial charge in [-0.3, -0.25) is 4.98 Å². The Labute approximate surface area is 146 Å². The van der Waals surface area contributed by atoms with Crippen LogP contribution in [0.1, 0.15) is 16.8 Å². The summed E-state index contributed by atoms with van der Waals surface area (Å²) < 4.78 is 21.2. The third-order valence-electron chi connectivity index (χ3n) is 5.04. The predicted molar refractivity (Wildman–Crippen MR) is 96.4 cm³/mol. The van der Waals surface area contributed by atoms with E-state index in [4.69, 9.17) is 4.74 Å². The third-order valence-corrected chi connectivity index (χ3v) is 5.04. The fourth-order valence-corrected chi connectivity index (χ4v) is 3.78. The second kappa shape index (κ2) is 6.48. The minimum Gasteiger partial charge on any atom is -0.497 e. The Balaban J connectivity index is 1.75. The first kappa shape index (κ1) is 16.1. The molecule has 3 heterocycles. The van der Waals surface area contributed by atoms with Crippen LogP contribution in [0.3, 0.4) is 0 Å². The van der Waals surface area contributed by atoms with Crippen LogP contribution >= 0.6 is 0 Å². The van der Waals surface area contributed by atoms with Gasteiger partial charge in [0.05, 0.1) is 13.3 Å². The smallest absolute Gasteiger partial charge is 0.141 e. The SMILES string of the molecule is COc1ccc2c(c1)c1c(n2CCc2cncc(F)c2)CCN(C)C1. The Morgan fingerprint density at radius 3 is 2.92 bits per heavy atom. The summed E-state index contributed by atoms with van der Waals surface area (Å²) >= 11 is 0. The van der Waals surface area contributed by atoms with Crippen molar-refractivity contribution in [2.24, 2.45) is 0 Å². The molecule has 1 aliphatic heterocycles. The Morgan fingerprint density at radius 1 is 1.24 bits per heavy atom. The van der Waals surface area contributed by atoms with E-state index >= 15 is 0 Å². The molecule has 0 radical (unpaired) electrons. The van der Waals surface area contributed by atoms with Gasteiger partial charge in [0.2, 0.25) is 0 Å². The average Bonchev–Trinajstić information content (AvgIpc) is 2.92. The number of benzene rings is 1. The lowest BCUT2D eigenvalue weighted by atomic mass is 10.0. The van der Waals surface area contributed by atoms with Crippen LogP contribution in [0.2, 0.25) is 0 Å². The van der Waals surface area contributed by atoms with Crippen molar-refractivity contribution in [1.29, 1.82) is 0 Å². The van der Waals surface area contributed by atoms with E-state index < -0.39 is 0 Å². The van der Waals surface area contributed by atoms with Crippen LogP contribution in [-0.4, -0.2) is 35.2 Å². The zero-order valence-corrected chi connectivity index (χ0v) is 14.6. The molecule has 1 aliphatic rings. The zero-order chi connectivity index (χ0) is 17.4. The number of nitrogens with zero attached hydrogens (tertiary/aromatic N) is 3. The zero-order valence-electron chi connectivity index (χ0n) is 14.6. The van der Waals surface area contributed by atoms with Gasteiger partial charge in [-0.15, -0.1) is 0 Å². The average molecular weight is 339 g/mol. The molecule has 0 aliphatic carbocycles. The van der Waals surface area contributed by atoms with Crippen molar-refractivity contribution in [3.05, 3.63) is 59.3 Å². The summed E-state index contributed by atoms with van der Waals surface area (Å²) in [5, 5.41) is 1.26. The van der Waals surface area contributed by atoms with E-state index in [1.165, 1.54) is 28.4 Å². The van der Waals surface area contributed by atoms with Gasteiger partial charge in [0.1, 0.15) is 11.6 Å². The number of fused-ring (bicyclic) bond motifs is 3. The van der Waals surface area contributed by atoms with Crippen molar-refractivity contribution in [3.8, 4) is 5.75 Å². The van der Waals surface area contributed by atoms with Crippen molar-refractivity contribution < 1.29 is 9.13 Å². The number of hydrogen-bond acceptors (Lipinski definition) is 3. The molecular weight excluding hydrogens is 317 g/mol. The van der Waals surface area contributed by atoms with E-state index in [0.717, 1.165) is 43.8 Å². The molecule has 4 nitrogen and oxygen atoms in total. The van der Waals surface area contributed by atoms with E-state index in [0.29, 0.717) is 0 Å². The Bertz CT molecular complexity index is 919. The number of aromatic nitrogens is 2. The molecule has 0 atom stereocenters. The molecule has 0 bridgehead atoms. The molecule has 0 saturated heterocycles. The first-order valence-electron chi connectivity index (χ1n) is 8.61.